The van der Waals surface area contributed by atoms with Crippen molar-refractivity contribution in [2.24, 2.45) is 0 Å². The summed E-state index contributed by atoms with van der Waals surface area (Å²) in [7, 11) is 0. The highest BCUT2D eigenvalue weighted by molar-refractivity contribution is 5.78. The lowest BCUT2D eigenvalue weighted by atomic mass is 10.0. The fourth-order valence-electron chi connectivity index (χ4n) is 2.79. The Kier molecular flexibility index (Phi) is 6.16. The van der Waals surface area contributed by atoms with Gasteiger partial charge >= 0.3 is 0 Å². The Balaban J connectivity index is 1.72. The third-order valence-electron chi connectivity index (χ3n) is 4.20. The van der Waals surface area contributed by atoms with Crippen molar-refractivity contribution < 1.29 is 9.59 Å². The van der Waals surface area contributed by atoms with Crippen molar-refractivity contribution in [1.82, 2.24) is 10.2 Å². The molecule has 0 aromatic heterocycles. The molecule has 0 aliphatic carbocycles. The van der Waals surface area contributed by atoms with Gasteiger partial charge in [0.2, 0.25) is 11.8 Å². The van der Waals surface area contributed by atoms with Gasteiger partial charge in [0.25, 0.3) is 0 Å². The molecular weight excluding hydrogens is 290 g/mol. The number of benzene rings is 1. The van der Waals surface area contributed by atoms with Crippen molar-refractivity contribution in [1.29, 1.82) is 5.26 Å². The summed E-state index contributed by atoms with van der Waals surface area (Å²) in [5.74, 6) is -0.0518. The van der Waals surface area contributed by atoms with Crippen LogP contribution in [-0.2, 0) is 16.0 Å². The van der Waals surface area contributed by atoms with E-state index in [1.807, 2.05) is 11.0 Å². The maximum Gasteiger partial charge on any atom is 0.234 e. The third-order valence-corrected chi connectivity index (χ3v) is 4.20. The Morgan fingerprint density at radius 1 is 1.26 bits per heavy atom. The van der Waals surface area contributed by atoms with Crippen LogP contribution in [0.2, 0.25) is 0 Å². The molecule has 122 valence electrons. The van der Waals surface area contributed by atoms with Gasteiger partial charge in [-0.25, -0.2) is 0 Å². The number of aryl methyl sites for hydroxylation is 2. The molecule has 0 unspecified atom stereocenters. The standard InChI is InChI=1S/C18H23N3O2/c1-14-2-4-15(5-3-14)6-7-18(23)21-12-9-16(10-13-21)20-17(22)8-11-19/h2-5,16H,6-10,12-13H2,1H3,(H,20,22). The van der Waals surface area contributed by atoms with Gasteiger partial charge < -0.3 is 10.2 Å². The largest absolute Gasteiger partial charge is 0.352 e. The number of rotatable bonds is 5. The van der Waals surface area contributed by atoms with E-state index in [4.69, 9.17) is 5.26 Å². The Labute approximate surface area is 137 Å². The van der Waals surface area contributed by atoms with E-state index in [0.717, 1.165) is 19.3 Å². The molecule has 0 atom stereocenters. The fraction of sp³-hybridized carbons (Fsp3) is 0.500. The summed E-state index contributed by atoms with van der Waals surface area (Å²) in [6.07, 6.45) is 2.70. The molecule has 1 saturated heterocycles. The normalized spacial score (nSPS) is 15.0. The summed E-state index contributed by atoms with van der Waals surface area (Å²) in [6.45, 7) is 3.39. The van der Waals surface area contributed by atoms with Gasteiger partial charge in [-0.1, -0.05) is 29.8 Å². The molecule has 0 saturated carbocycles. The van der Waals surface area contributed by atoms with Gasteiger partial charge in [0.05, 0.1) is 6.07 Å². The topological polar surface area (TPSA) is 73.2 Å². The van der Waals surface area contributed by atoms with Crippen LogP contribution in [0.3, 0.4) is 0 Å². The molecule has 1 aliphatic heterocycles. The number of amides is 2. The lowest BCUT2D eigenvalue weighted by Crippen LogP contribution is -2.46. The quantitative estimate of drug-likeness (QED) is 0.903. The number of likely N-dealkylation sites (tertiary alicyclic amines) is 1. The van der Waals surface area contributed by atoms with Gasteiger partial charge in [-0.15, -0.1) is 0 Å². The Bertz CT molecular complexity index is 581. The van der Waals surface area contributed by atoms with Crippen LogP contribution in [0.4, 0.5) is 0 Å². The zero-order chi connectivity index (χ0) is 16.7. The van der Waals surface area contributed by atoms with Crippen LogP contribution in [0.5, 0.6) is 0 Å². The highest BCUT2D eigenvalue weighted by atomic mass is 16.2. The second kappa shape index (κ2) is 8.33. The first-order valence-electron chi connectivity index (χ1n) is 8.08. The summed E-state index contributed by atoms with van der Waals surface area (Å²) in [6, 6.07) is 10.2. The number of nitriles is 1. The van der Waals surface area contributed by atoms with E-state index in [1.165, 1.54) is 11.1 Å². The van der Waals surface area contributed by atoms with Crippen LogP contribution in [0.25, 0.3) is 0 Å². The third kappa shape index (κ3) is 5.41. The first kappa shape index (κ1) is 17.0. The van der Waals surface area contributed by atoms with E-state index in [-0.39, 0.29) is 24.3 Å². The van der Waals surface area contributed by atoms with Crippen molar-refractivity contribution in [3.8, 4) is 6.07 Å². The number of carbonyl (C=O) groups is 2. The van der Waals surface area contributed by atoms with Crippen molar-refractivity contribution in [3.63, 3.8) is 0 Å². The highest BCUT2D eigenvalue weighted by Gasteiger charge is 2.23. The van der Waals surface area contributed by atoms with Crippen molar-refractivity contribution in [3.05, 3.63) is 35.4 Å². The average Bonchev–Trinajstić information content (AvgIpc) is 2.55. The van der Waals surface area contributed by atoms with Gasteiger partial charge in [0.15, 0.2) is 0 Å². The van der Waals surface area contributed by atoms with E-state index in [9.17, 15) is 9.59 Å². The minimum absolute atomic E-state index is 0.0806. The molecule has 1 N–H and O–H groups in total. The van der Waals surface area contributed by atoms with Gasteiger partial charge in [-0.3, -0.25) is 9.59 Å². The molecule has 1 fully saturated rings. The smallest absolute Gasteiger partial charge is 0.234 e. The van der Waals surface area contributed by atoms with Crippen LogP contribution in [0.1, 0.15) is 36.8 Å². The minimum Gasteiger partial charge on any atom is -0.352 e. The molecule has 1 aliphatic rings. The summed E-state index contributed by atoms with van der Waals surface area (Å²) in [4.78, 5) is 25.5. The molecule has 23 heavy (non-hydrogen) atoms. The zero-order valence-corrected chi connectivity index (χ0v) is 13.5. The molecule has 5 heteroatoms. The predicted octanol–water partition coefficient (Wildman–Crippen LogP) is 1.95. The molecular formula is C18H23N3O2. The number of nitrogens with zero attached hydrogens (tertiary/aromatic N) is 2. The van der Waals surface area contributed by atoms with Gasteiger partial charge in [-0.2, -0.15) is 5.26 Å². The first-order chi connectivity index (χ1) is 11.1. The summed E-state index contributed by atoms with van der Waals surface area (Å²) in [5, 5.41) is 11.3. The molecule has 2 rings (SSSR count). The molecule has 5 nitrogen and oxygen atoms in total. The van der Waals surface area contributed by atoms with E-state index in [1.54, 1.807) is 0 Å². The molecule has 2 amide bonds. The van der Waals surface area contributed by atoms with E-state index in [2.05, 4.69) is 36.5 Å². The molecule has 0 spiro atoms. The molecule has 1 heterocycles. The van der Waals surface area contributed by atoms with E-state index in [0.29, 0.717) is 19.5 Å². The van der Waals surface area contributed by atoms with Gasteiger partial charge in [-0.05, 0) is 31.7 Å². The Morgan fingerprint density at radius 2 is 1.91 bits per heavy atom. The number of carbonyl (C=O) groups excluding carboxylic acids is 2. The monoisotopic (exact) mass is 313 g/mol. The Morgan fingerprint density at radius 3 is 2.52 bits per heavy atom. The lowest BCUT2D eigenvalue weighted by Gasteiger charge is -2.32. The van der Waals surface area contributed by atoms with Crippen molar-refractivity contribution in [2.75, 3.05) is 13.1 Å². The van der Waals surface area contributed by atoms with Crippen LogP contribution >= 0.6 is 0 Å². The van der Waals surface area contributed by atoms with Crippen molar-refractivity contribution >= 4 is 11.8 Å². The van der Waals surface area contributed by atoms with E-state index < -0.39 is 0 Å². The van der Waals surface area contributed by atoms with Crippen molar-refractivity contribution in [2.45, 2.75) is 45.1 Å². The SMILES string of the molecule is Cc1ccc(CCC(=O)N2CCC(NC(=O)CC#N)CC2)cc1. The predicted molar refractivity (Wildman–Crippen MR) is 87.5 cm³/mol. The minimum atomic E-state index is -0.225. The zero-order valence-electron chi connectivity index (χ0n) is 13.5. The maximum absolute atomic E-state index is 12.3. The van der Waals surface area contributed by atoms with Crippen LogP contribution < -0.4 is 5.32 Å². The van der Waals surface area contributed by atoms with Crippen LogP contribution in [-0.4, -0.2) is 35.8 Å². The molecule has 0 radical (unpaired) electrons. The second-order valence-corrected chi connectivity index (χ2v) is 6.04. The summed E-state index contributed by atoms with van der Waals surface area (Å²) in [5.41, 5.74) is 2.41. The summed E-state index contributed by atoms with van der Waals surface area (Å²) < 4.78 is 0. The molecule has 1 aromatic carbocycles. The fourth-order valence-corrected chi connectivity index (χ4v) is 2.79. The number of piperidine rings is 1. The first-order valence-corrected chi connectivity index (χ1v) is 8.08. The van der Waals surface area contributed by atoms with Crippen LogP contribution in [0.15, 0.2) is 24.3 Å². The maximum atomic E-state index is 12.3. The number of hydrogen-bond donors (Lipinski definition) is 1. The average molecular weight is 313 g/mol. The van der Waals surface area contributed by atoms with Gasteiger partial charge in [0, 0.05) is 25.6 Å². The number of nitrogens with one attached hydrogen (secondary N) is 1. The number of hydrogen-bond acceptors (Lipinski definition) is 3. The molecule has 1 aromatic rings. The second-order valence-electron chi connectivity index (χ2n) is 6.04. The summed E-state index contributed by atoms with van der Waals surface area (Å²) >= 11 is 0. The molecule has 0 bridgehead atoms. The Hall–Kier alpha value is -2.35. The van der Waals surface area contributed by atoms with E-state index >= 15 is 0 Å². The lowest BCUT2D eigenvalue weighted by molar-refractivity contribution is -0.132. The highest BCUT2D eigenvalue weighted by Crippen LogP contribution is 2.13. The van der Waals surface area contributed by atoms with Gasteiger partial charge in [0.1, 0.15) is 6.42 Å². The van der Waals surface area contributed by atoms with Crippen LogP contribution in [0, 0.1) is 18.3 Å².